The number of halogens is 3. The third kappa shape index (κ3) is 3.37. The summed E-state index contributed by atoms with van der Waals surface area (Å²) in [4.78, 5) is 12.2. The van der Waals surface area contributed by atoms with Crippen molar-refractivity contribution in [3.8, 4) is 5.75 Å². The van der Waals surface area contributed by atoms with Gasteiger partial charge in [0.2, 0.25) is 0 Å². The number of Topliss-reactive ketones (excluding diaryl/α,β-unsaturated/α-hetero) is 1. The van der Waals surface area contributed by atoms with Gasteiger partial charge in [0.15, 0.2) is 11.5 Å². The van der Waals surface area contributed by atoms with Crippen LogP contribution in [0.25, 0.3) is 0 Å². The molecule has 4 nitrogen and oxygen atoms in total. The molecule has 0 atom stereocenters. The second-order valence-electron chi connectivity index (χ2n) is 4.82. The van der Waals surface area contributed by atoms with Gasteiger partial charge >= 0.3 is 15.6 Å². The van der Waals surface area contributed by atoms with Gasteiger partial charge in [0.25, 0.3) is 0 Å². The first kappa shape index (κ1) is 15.8. The molecular weight excluding hydrogens is 309 g/mol. The van der Waals surface area contributed by atoms with Gasteiger partial charge in [-0.15, -0.1) is 0 Å². The highest BCUT2D eigenvalue weighted by Crippen LogP contribution is 2.33. The molecule has 0 amide bonds. The molecule has 2 rings (SSSR count). The predicted molar refractivity (Wildman–Crippen MR) is 68.3 cm³/mol. The van der Waals surface area contributed by atoms with Gasteiger partial charge in [0.1, 0.15) is 0 Å². The molecule has 0 saturated heterocycles. The first-order chi connectivity index (χ1) is 9.72. The zero-order valence-corrected chi connectivity index (χ0v) is 11.7. The second-order valence-corrected chi connectivity index (χ2v) is 6.36. The molecule has 0 aromatic heterocycles. The Morgan fingerprint density at radius 3 is 2.29 bits per heavy atom. The fraction of sp³-hybridized carbons (Fsp3) is 0.462. The Hall–Kier alpha value is -1.57. The van der Waals surface area contributed by atoms with Crippen molar-refractivity contribution in [1.82, 2.24) is 0 Å². The Morgan fingerprint density at radius 2 is 1.71 bits per heavy atom. The molecule has 1 aliphatic carbocycles. The third-order valence-electron chi connectivity index (χ3n) is 3.36. The second kappa shape index (κ2) is 5.67. The molecule has 0 bridgehead atoms. The van der Waals surface area contributed by atoms with Crippen molar-refractivity contribution in [2.24, 2.45) is 5.92 Å². The van der Waals surface area contributed by atoms with Crippen LogP contribution in [0.4, 0.5) is 13.2 Å². The molecule has 0 spiro atoms. The van der Waals surface area contributed by atoms with Crippen molar-refractivity contribution >= 4 is 15.9 Å². The number of rotatable bonds is 4. The molecule has 1 fully saturated rings. The van der Waals surface area contributed by atoms with E-state index in [4.69, 9.17) is 0 Å². The van der Waals surface area contributed by atoms with Crippen LogP contribution in [0.15, 0.2) is 24.3 Å². The summed E-state index contributed by atoms with van der Waals surface area (Å²) in [5, 5.41) is 0. The van der Waals surface area contributed by atoms with Crippen LogP contribution in [-0.4, -0.2) is 19.7 Å². The van der Waals surface area contributed by atoms with E-state index in [0.29, 0.717) is 12.8 Å². The van der Waals surface area contributed by atoms with Crippen LogP contribution in [0.1, 0.15) is 36.0 Å². The molecule has 116 valence electrons. The minimum absolute atomic E-state index is 0.128. The summed E-state index contributed by atoms with van der Waals surface area (Å²) in [6.45, 7) is 0. The van der Waals surface area contributed by atoms with Crippen LogP contribution in [0, 0.1) is 5.92 Å². The van der Waals surface area contributed by atoms with Crippen molar-refractivity contribution in [3.63, 3.8) is 0 Å². The maximum Gasteiger partial charge on any atom is 0.534 e. The van der Waals surface area contributed by atoms with Crippen LogP contribution in [0.3, 0.4) is 0 Å². The number of hydrogen-bond acceptors (Lipinski definition) is 4. The lowest BCUT2D eigenvalue weighted by atomic mass is 9.96. The predicted octanol–water partition coefficient (Wildman–Crippen LogP) is 3.29. The summed E-state index contributed by atoms with van der Waals surface area (Å²) in [7, 11) is -5.78. The summed E-state index contributed by atoms with van der Waals surface area (Å²) in [6, 6.07) is 5.09. The summed E-state index contributed by atoms with van der Waals surface area (Å²) < 4.78 is 63.3. The fourth-order valence-electron chi connectivity index (χ4n) is 2.32. The Bertz CT molecular complexity index is 631. The van der Waals surface area contributed by atoms with Gasteiger partial charge in [-0.3, -0.25) is 4.79 Å². The van der Waals surface area contributed by atoms with Gasteiger partial charge in [0.05, 0.1) is 5.56 Å². The minimum atomic E-state index is -5.78. The molecule has 8 heteroatoms. The van der Waals surface area contributed by atoms with Gasteiger partial charge in [-0.2, -0.15) is 21.6 Å². The number of ketones is 1. The van der Waals surface area contributed by atoms with Crippen LogP contribution >= 0.6 is 0 Å². The quantitative estimate of drug-likeness (QED) is 0.485. The van der Waals surface area contributed by atoms with Crippen molar-refractivity contribution in [1.29, 1.82) is 0 Å². The van der Waals surface area contributed by atoms with E-state index >= 15 is 0 Å². The molecule has 1 aliphatic rings. The molecule has 21 heavy (non-hydrogen) atoms. The van der Waals surface area contributed by atoms with E-state index in [2.05, 4.69) is 4.18 Å². The molecule has 0 aliphatic heterocycles. The van der Waals surface area contributed by atoms with E-state index in [-0.39, 0.29) is 17.3 Å². The highest BCUT2D eigenvalue weighted by molar-refractivity contribution is 7.88. The summed E-state index contributed by atoms with van der Waals surface area (Å²) in [6.07, 6.45) is 3.05. The van der Waals surface area contributed by atoms with Gasteiger partial charge in [-0.1, -0.05) is 25.0 Å². The third-order valence-corrected chi connectivity index (χ3v) is 4.33. The maximum atomic E-state index is 12.4. The number of carbonyl (C=O) groups is 1. The fourth-order valence-corrected chi connectivity index (χ4v) is 2.79. The van der Waals surface area contributed by atoms with E-state index in [1.54, 1.807) is 0 Å². The van der Waals surface area contributed by atoms with E-state index in [9.17, 15) is 26.4 Å². The van der Waals surface area contributed by atoms with Crippen molar-refractivity contribution in [3.05, 3.63) is 29.8 Å². The number of para-hydroxylation sites is 1. The van der Waals surface area contributed by atoms with Crippen LogP contribution in [0.5, 0.6) is 5.75 Å². The van der Waals surface area contributed by atoms with Crippen molar-refractivity contribution in [2.45, 2.75) is 31.2 Å². The molecule has 0 unspecified atom stereocenters. The highest BCUT2D eigenvalue weighted by Gasteiger charge is 2.49. The van der Waals surface area contributed by atoms with Gasteiger partial charge in [0, 0.05) is 5.92 Å². The lowest BCUT2D eigenvalue weighted by molar-refractivity contribution is -0.0500. The molecule has 0 radical (unpaired) electrons. The zero-order valence-electron chi connectivity index (χ0n) is 10.9. The lowest BCUT2D eigenvalue weighted by Crippen LogP contribution is -2.28. The highest BCUT2D eigenvalue weighted by atomic mass is 32.2. The first-order valence-electron chi connectivity index (χ1n) is 6.36. The first-order valence-corrected chi connectivity index (χ1v) is 7.77. The van der Waals surface area contributed by atoms with Crippen LogP contribution in [-0.2, 0) is 10.1 Å². The Kier molecular flexibility index (Phi) is 4.27. The molecule has 0 N–H and O–H groups in total. The molecule has 0 heterocycles. The summed E-state index contributed by atoms with van der Waals surface area (Å²) in [5.74, 6) is -1.24. The van der Waals surface area contributed by atoms with Gasteiger partial charge in [-0.25, -0.2) is 0 Å². The maximum absolute atomic E-state index is 12.4. The van der Waals surface area contributed by atoms with E-state index in [0.717, 1.165) is 18.9 Å². The van der Waals surface area contributed by atoms with Crippen molar-refractivity contribution in [2.75, 3.05) is 0 Å². The average molecular weight is 322 g/mol. The number of carbonyl (C=O) groups excluding carboxylic acids is 1. The standard InChI is InChI=1S/C13H13F3O4S/c14-13(15,16)21(18,19)20-11-8-4-3-7-10(11)12(17)9-5-1-2-6-9/h3-4,7-9H,1-2,5-6H2. The van der Waals surface area contributed by atoms with Gasteiger partial charge < -0.3 is 4.18 Å². The summed E-state index contributed by atoms with van der Waals surface area (Å²) >= 11 is 0. The van der Waals surface area contributed by atoms with Crippen molar-refractivity contribution < 1.29 is 30.6 Å². The lowest BCUT2D eigenvalue weighted by Gasteiger charge is -2.14. The molecular formula is C13H13F3O4S. The average Bonchev–Trinajstić information content (AvgIpc) is 2.90. The van der Waals surface area contributed by atoms with Crippen LogP contribution in [0.2, 0.25) is 0 Å². The normalized spacial score (nSPS) is 16.9. The number of benzene rings is 1. The topological polar surface area (TPSA) is 60.4 Å². The van der Waals surface area contributed by atoms with E-state index in [1.165, 1.54) is 18.2 Å². The molecule has 1 aromatic rings. The van der Waals surface area contributed by atoms with Gasteiger partial charge in [-0.05, 0) is 25.0 Å². The Balaban J connectivity index is 2.31. The van der Waals surface area contributed by atoms with Crippen LogP contribution < -0.4 is 4.18 Å². The largest absolute Gasteiger partial charge is 0.534 e. The molecule has 1 aromatic carbocycles. The molecule has 1 saturated carbocycles. The Labute approximate surface area is 120 Å². The monoisotopic (exact) mass is 322 g/mol. The Morgan fingerprint density at radius 1 is 1.14 bits per heavy atom. The number of hydrogen-bond donors (Lipinski definition) is 0. The SMILES string of the molecule is O=C(c1ccccc1OS(=O)(=O)C(F)(F)F)C1CCCC1. The van der Waals surface area contributed by atoms with E-state index in [1.807, 2.05) is 0 Å². The summed E-state index contributed by atoms with van der Waals surface area (Å²) in [5.41, 5.74) is -5.66. The zero-order chi connectivity index (χ0) is 15.7. The minimum Gasteiger partial charge on any atom is -0.375 e. The van der Waals surface area contributed by atoms with E-state index < -0.39 is 21.4 Å². The smallest absolute Gasteiger partial charge is 0.375 e. The number of alkyl halides is 3.